The van der Waals surface area contributed by atoms with Crippen molar-refractivity contribution in [1.29, 1.82) is 0 Å². The number of halogens is 2. The van der Waals surface area contributed by atoms with E-state index in [0.29, 0.717) is 8.48 Å². The van der Waals surface area contributed by atoms with Crippen LogP contribution in [0, 0.1) is 9.39 Å². The van der Waals surface area contributed by atoms with Crippen molar-refractivity contribution in [3.63, 3.8) is 0 Å². The Bertz CT molecular complexity index is 934. The molecule has 1 saturated heterocycles. The molecule has 1 aliphatic heterocycles. The summed E-state index contributed by atoms with van der Waals surface area (Å²) < 4.78 is 13.9. The number of rotatable bonds is 5. The van der Waals surface area contributed by atoms with Crippen LogP contribution in [0.2, 0.25) is 0 Å². The molecule has 3 amide bonds. The van der Waals surface area contributed by atoms with Crippen molar-refractivity contribution >= 4 is 57.5 Å². The van der Waals surface area contributed by atoms with Gasteiger partial charge in [0.1, 0.15) is 5.82 Å². The van der Waals surface area contributed by atoms with Gasteiger partial charge in [-0.1, -0.05) is 30.3 Å². The van der Waals surface area contributed by atoms with E-state index in [1.165, 1.54) is 12.1 Å². The van der Waals surface area contributed by atoms with Crippen LogP contribution in [0.3, 0.4) is 0 Å². The molecule has 0 radical (unpaired) electrons. The second-order valence-corrected chi connectivity index (χ2v) is 7.78. The molecule has 3 rings (SSSR count). The third-order valence-electron chi connectivity index (χ3n) is 3.76. The molecule has 0 spiro atoms. The van der Waals surface area contributed by atoms with Crippen LogP contribution >= 0.6 is 34.4 Å². The lowest BCUT2D eigenvalue weighted by atomic mass is 10.2. The van der Waals surface area contributed by atoms with Crippen LogP contribution < -0.4 is 5.32 Å². The van der Waals surface area contributed by atoms with Gasteiger partial charge < -0.3 is 5.32 Å². The topological polar surface area (TPSA) is 66.5 Å². The van der Waals surface area contributed by atoms with Gasteiger partial charge in [-0.05, 0) is 64.2 Å². The molecule has 0 aliphatic carbocycles. The summed E-state index contributed by atoms with van der Waals surface area (Å²) in [4.78, 5) is 38.1. The van der Waals surface area contributed by atoms with E-state index in [4.69, 9.17) is 0 Å². The average molecular weight is 496 g/mol. The largest absolute Gasteiger partial charge is 0.350 e. The number of hydrogen-bond acceptors (Lipinski definition) is 4. The van der Waals surface area contributed by atoms with Gasteiger partial charge in [0.15, 0.2) is 0 Å². The fourth-order valence-electron chi connectivity index (χ4n) is 2.44. The standard InChI is InChI=1S/C19H14FIN2O3S/c20-13-6-7-15(21)14(11-13)17(24)22-8-9-23-18(25)16(27-19(23)26)10-12-4-2-1-3-5-12/h1-7,10-11H,8-9H2,(H,22,24). The fourth-order valence-corrected chi connectivity index (χ4v) is 3.89. The Kier molecular flexibility index (Phi) is 6.27. The molecule has 1 aliphatic rings. The number of benzene rings is 2. The molecule has 2 aromatic rings. The first kappa shape index (κ1) is 19.6. The minimum Gasteiger partial charge on any atom is -0.350 e. The van der Waals surface area contributed by atoms with Gasteiger partial charge >= 0.3 is 0 Å². The molecule has 5 nitrogen and oxygen atoms in total. The number of carbonyl (C=O) groups is 3. The van der Waals surface area contributed by atoms with Crippen LogP contribution in [0.1, 0.15) is 15.9 Å². The maximum Gasteiger partial charge on any atom is 0.293 e. The summed E-state index contributed by atoms with van der Waals surface area (Å²) in [6.45, 7) is 0.135. The summed E-state index contributed by atoms with van der Waals surface area (Å²) in [6, 6.07) is 13.2. The molecule has 138 valence electrons. The van der Waals surface area contributed by atoms with E-state index in [2.05, 4.69) is 5.32 Å². The molecule has 0 unspecified atom stereocenters. The number of amides is 3. The second-order valence-electron chi connectivity index (χ2n) is 5.62. The molecule has 27 heavy (non-hydrogen) atoms. The Hall–Kier alpha value is -2.20. The lowest BCUT2D eigenvalue weighted by Gasteiger charge is -2.13. The van der Waals surface area contributed by atoms with Crippen molar-refractivity contribution in [2.75, 3.05) is 13.1 Å². The number of imide groups is 1. The third-order valence-corrected chi connectivity index (χ3v) is 5.61. The van der Waals surface area contributed by atoms with Crippen LogP contribution in [-0.2, 0) is 4.79 Å². The highest BCUT2D eigenvalue weighted by molar-refractivity contribution is 14.1. The minimum atomic E-state index is -0.502. The van der Waals surface area contributed by atoms with Crippen LogP contribution in [0.5, 0.6) is 0 Å². The molecule has 0 atom stereocenters. The Labute approximate surface area is 173 Å². The van der Waals surface area contributed by atoms with E-state index in [1.54, 1.807) is 6.08 Å². The van der Waals surface area contributed by atoms with Crippen LogP contribution in [0.4, 0.5) is 9.18 Å². The van der Waals surface area contributed by atoms with Gasteiger partial charge in [0.05, 0.1) is 10.5 Å². The molecule has 0 saturated carbocycles. The molecule has 1 fully saturated rings. The summed E-state index contributed by atoms with van der Waals surface area (Å²) in [5.41, 5.74) is 1.05. The fraction of sp³-hybridized carbons (Fsp3) is 0.105. The molecular weight excluding hydrogens is 482 g/mol. The van der Waals surface area contributed by atoms with Gasteiger partial charge in [-0.2, -0.15) is 0 Å². The van der Waals surface area contributed by atoms with Crippen molar-refractivity contribution in [2.24, 2.45) is 0 Å². The van der Waals surface area contributed by atoms with Crippen LogP contribution in [-0.4, -0.2) is 35.0 Å². The Morgan fingerprint density at radius 3 is 2.67 bits per heavy atom. The number of thioether (sulfide) groups is 1. The third kappa shape index (κ3) is 4.75. The molecule has 2 aromatic carbocycles. The summed E-state index contributed by atoms with van der Waals surface area (Å²) in [7, 11) is 0. The second kappa shape index (κ2) is 8.66. The average Bonchev–Trinajstić information content (AvgIpc) is 2.91. The van der Waals surface area contributed by atoms with Gasteiger partial charge in [0.2, 0.25) is 0 Å². The highest BCUT2D eigenvalue weighted by atomic mass is 127. The first-order chi connectivity index (χ1) is 13.0. The van der Waals surface area contributed by atoms with Gasteiger partial charge in [0.25, 0.3) is 17.1 Å². The first-order valence-electron chi connectivity index (χ1n) is 7.99. The maximum absolute atomic E-state index is 13.3. The smallest absolute Gasteiger partial charge is 0.293 e. The summed E-state index contributed by atoms with van der Waals surface area (Å²) >= 11 is 2.82. The van der Waals surface area contributed by atoms with Crippen molar-refractivity contribution in [3.8, 4) is 0 Å². The van der Waals surface area contributed by atoms with E-state index in [-0.39, 0.29) is 29.8 Å². The number of nitrogens with zero attached hydrogens (tertiary/aromatic N) is 1. The Morgan fingerprint density at radius 1 is 1.19 bits per heavy atom. The molecule has 1 heterocycles. The molecular formula is C19H14FIN2O3S. The van der Waals surface area contributed by atoms with Gasteiger partial charge in [-0.25, -0.2) is 4.39 Å². The molecule has 8 heteroatoms. The SMILES string of the molecule is O=C(NCCN1C(=O)SC(=Cc2ccccc2)C1=O)c1cc(F)ccc1I. The van der Waals surface area contributed by atoms with E-state index in [9.17, 15) is 18.8 Å². The van der Waals surface area contributed by atoms with Crippen molar-refractivity contribution in [3.05, 3.63) is 74.0 Å². The maximum atomic E-state index is 13.3. The number of hydrogen-bond donors (Lipinski definition) is 1. The highest BCUT2D eigenvalue weighted by Gasteiger charge is 2.34. The number of nitrogens with one attached hydrogen (secondary N) is 1. The molecule has 0 bridgehead atoms. The number of carbonyl (C=O) groups excluding carboxylic acids is 3. The van der Waals surface area contributed by atoms with Gasteiger partial charge in [0, 0.05) is 16.7 Å². The van der Waals surface area contributed by atoms with E-state index < -0.39 is 11.7 Å². The summed E-state index contributed by atoms with van der Waals surface area (Å²) in [6.07, 6.45) is 1.67. The van der Waals surface area contributed by atoms with E-state index in [1.807, 2.05) is 52.9 Å². The quantitative estimate of drug-likeness (QED) is 0.504. The van der Waals surface area contributed by atoms with Crippen molar-refractivity contribution in [1.82, 2.24) is 10.2 Å². The summed E-state index contributed by atoms with van der Waals surface area (Å²) in [5.74, 6) is -1.34. The van der Waals surface area contributed by atoms with E-state index >= 15 is 0 Å². The first-order valence-corrected chi connectivity index (χ1v) is 9.89. The zero-order chi connectivity index (χ0) is 19.4. The zero-order valence-corrected chi connectivity index (χ0v) is 16.9. The minimum absolute atomic E-state index is 0.0500. The molecule has 0 aromatic heterocycles. The van der Waals surface area contributed by atoms with Crippen LogP contribution in [0.15, 0.2) is 53.4 Å². The molecule has 1 N–H and O–H groups in total. The zero-order valence-electron chi connectivity index (χ0n) is 13.9. The van der Waals surface area contributed by atoms with Crippen molar-refractivity contribution < 1.29 is 18.8 Å². The lowest BCUT2D eigenvalue weighted by molar-refractivity contribution is -0.122. The summed E-state index contributed by atoms with van der Waals surface area (Å²) in [5, 5.41) is 2.24. The van der Waals surface area contributed by atoms with Gasteiger partial charge in [-0.15, -0.1) is 0 Å². The van der Waals surface area contributed by atoms with Crippen LogP contribution in [0.25, 0.3) is 6.08 Å². The van der Waals surface area contributed by atoms with Crippen molar-refractivity contribution in [2.45, 2.75) is 0 Å². The lowest BCUT2D eigenvalue weighted by Crippen LogP contribution is -2.37. The van der Waals surface area contributed by atoms with Gasteiger partial charge in [-0.3, -0.25) is 19.3 Å². The monoisotopic (exact) mass is 496 g/mol. The Balaban J connectivity index is 1.60. The van der Waals surface area contributed by atoms with E-state index in [0.717, 1.165) is 28.3 Å². The normalized spacial score (nSPS) is 15.5. The predicted molar refractivity (Wildman–Crippen MR) is 111 cm³/mol. The highest BCUT2D eigenvalue weighted by Crippen LogP contribution is 2.31. The predicted octanol–water partition coefficient (Wildman–Crippen LogP) is 3.90. The Morgan fingerprint density at radius 2 is 1.93 bits per heavy atom.